The molecule has 0 atom stereocenters. The van der Waals surface area contributed by atoms with E-state index in [4.69, 9.17) is 5.73 Å². The van der Waals surface area contributed by atoms with Crippen LogP contribution >= 0.6 is 0 Å². The van der Waals surface area contributed by atoms with Crippen molar-refractivity contribution >= 4 is 0 Å². The van der Waals surface area contributed by atoms with Crippen LogP contribution in [0.5, 0.6) is 0 Å². The molecule has 0 spiro atoms. The highest BCUT2D eigenvalue weighted by Crippen LogP contribution is 2.14. The minimum absolute atomic E-state index is 0.223. The van der Waals surface area contributed by atoms with Gasteiger partial charge in [-0.2, -0.15) is 0 Å². The van der Waals surface area contributed by atoms with Crippen molar-refractivity contribution in [1.82, 2.24) is 15.0 Å². The highest BCUT2D eigenvalue weighted by molar-refractivity contribution is 5.24. The first-order valence-corrected chi connectivity index (χ1v) is 6.96. The second-order valence-electron chi connectivity index (χ2n) is 5.40. The third-order valence-electron chi connectivity index (χ3n) is 3.31. The van der Waals surface area contributed by atoms with Crippen LogP contribution in [-0.2, 0) is 19.5 Å². The van der Waals surface area contributed by atoms with E-state index in [1.54, 1.807) is 12.1 Å². The first kappa shape index (κ1) is 14.7. The molecule has 2 N–H and O–H groups in total. The highest BCUT2D eigenvalue weighted by atomic mass is 19.1. The molecule has 5 heteroatoms. The van der Waals surface area contributed by atoms with E-state index in [-0.39, 0.29) is 5.82 Å². The maximum absolute atomic E-state index is 12.9. The lowest BCUT2D eigenvalue weighted by Crippen LogP contribution is -2.10. The van der Waals surface area contributed by atoms with Crippen LogP contribution in [0.1, 0.15) is 37.2 Å². The van der Waals surface area contributed by atoms with Crippen molar-refractivity contribution in [2.24, 2.45) is 11.7 Å². The Kier molecular flexibility index (Phi) is 4.84. The fraction of sp³-hybridized carbons (Fsp3) is 0.467. The molecule has 108 valence electrons. The van der Waals surface area contributed by atoms with Crippen molar-refractivity contribution < 1.29 is 4.39 Å². The molecule has 1 heterocycles. The number of hydrogen-bond donors (Lipinski definition) is 1. The summed E-state index contributed by atoms with van der Waals surface area (Å²) in [5, 5.41) is 8.33. The molecule has 0 aliphatic carbocycles. The number of benzene rings is 1. The molecule has 20 heavy (non-hydrogen) atoms. The van der Waals surface area contributed by atoms with E-state index >= 15 is 0 Å². The van der Waals surface area contributed by atoms with Gasteiger partial charge in [0, 0.05) is 19.5 Å². The zero-order valence-corrected chi connectivity index (χ0v) is 12.0. The lowest BCUT2D eigenvalue weighted by Gasteiger charge is -2.09. The molecule has 1 aromatic carbocycles. The lowest BCUT2D eigenvalue weighted by atomic mass is 10.1. The van der Waals surface area contributed by atoms with Gasteiger partial charge in [-0.15, -0.1) is 5.10 Å². The number of nitrogens with two attached hydrogens (primary N) is 1. The van der Waals surface area contributed by atoms with E-state index in [2.05, 4.69) is 24.2 Å². The molecular weight excluding hydrogens is 255 g/mol. The quantitative estimate of drug-likeness (QED) is 0.882. The number of hydrogen-bond acceptors (Lipinski definition) is 3. The van der Waals surface area contributed by atoms with Gasteiger partial charge in [-0.05, 0) is 30.0 Å². The molecule has 0 aliphatic rings. The van der Waals surface area contributed by atoms with Crippen LogP contribution in [-0.4, -0.2) is 15.0 Å². The molecule has 0 fully saturated rings. The number of rotatable bonds is 6. The normalized spacial score (nSPS) is 11.2. The lowest BCUT2D eigenvalue weighted by molar-refractivity contribution is 0.469. The number of aromatic nitrogens is 3. The molecule has 0 bridgehead atoms. The fourth-order valence-corrected chi connectivity index (χ4v) is 2.08. The van der Waals surface area contributed by atoms with Crippen LogP contribution < -0.4 is 5.73 Å². The maximum atomic E-state index is 12.9. The van der Waals surface area contributed by atoms with Crippen LogP contribution in [0.25, 0.3) is 0 Å². The Morgan fingerprint density at radius 2 is 1.95 bits per heavy atom. The van der Waals surface area contributed by atoms with E-state index in [1.165, 1.54) is 12.1 Å². The van der Waals surface area contributed by atoms with Crippen LogP contribution in [0, 0.1) is 11.7 Å². The van der Waals surface area contributed by atoms with Gasteiger partial charge in [0.1, 0.15) is 5.82 Å². The Balaban J connectivity index is 2.19. The van der Waals surface area contributed by atoms with E-state index in [9.17, 15) is 4.39 Å². The molecule has 0 unspecified atom stereocenters. The van der Waals surface area contributed by atoms with Gasteiger partial charge in [0.25, 0.3) is 0 Å². The topological polar surface area (TPSA) is 56.7 Å². The van der Waals surface area contributed by atoms with Crippen molar-refractivity contribution in [3.63, 3.8) is 0 Å². The number of aryl methyl sites for hydroxylation is 1. The summed E-state index contributed by atoms with van der Waals surface area (Å²) in [5.41, 5.74) is 8.60. The first-order valence-electron chi connectivity index (χ1n) is 6.96. The predicted octanol–water partition coefficient (Wildman–Crippen LogP) is 2.51. The predicted molar refractivity (Wildman–Crippen MR) is 76.6 cm³/mol. The van der Waals surface area contributed by atoms with E-state index in [1.807, 2.05) is 4.68 Å². The van der Waals surface area contributed by atoms with Crippen molar-refractivity contribution in [1.29, 1.82) is 0 Å². The van der Waals surface area contributed by atoms with Crippen molar-refractivity contribution in [2.45, 2.75) is 39.8 Å². The van der Waals surface area contributed by atoms with E-state index in [0.29, 0.717) is 18.9 Å². The van der Waals surface area contributed by atoms with Crippen molar-refractivity contribution in [2.75, 3.05) is 0 Å². The van der Waals surface area contributed by atoms with Gasteiger partial charge < -0.3 is 5.73 Å². The summed E-state index contributed by atoms with van der Waals surface area (Å²) in [6.45, 7) is 5.57. The third-order valence-corrected chi connectivity index (χ3v) is 3.31. The van der Waals surface area contributed by atoms with Gasteiger partial charge in [-0.1, -0.05) is 31.2 Å². The molecule has 4 nitrogen and oxygen atoms in total. The monoisotopic (exact) mass is 276 g/mol. The SMILES string of the molecule is CC(C)CCn1nnc(CN)c1Cc1ccc(F)cc1. The Morgan fingerprint density at radius 1 is 1.25 bits per heavy atom. The van der Waals surface area contributed by atoms with Gasteiger partial charge in [0.15, 0.2) is 0 Å². The summed E-state index contributed by atoms with van der Waals surface area (Å²) in [4.78, 5) is 0. The molecule has 0 aliphatic heterocycles. The summed E-state index contributed by atoms with van der Waals surface area (Å²) in [6.07, 6.45) is 1.72. The van der Waals surface area contributed by atoms with Gasteiger partial charge in [0.2, 0.25) is 0 Å². The first-order chi connectivity index (χ1) is 9.60. The Bertz CT molecular complexity index is 546. The molecular formula is C15H21FN4. The number of nitrogens with zero attached hydrogens (tertiary/aromatic N) is 3. The van der Waals surface area contributed by atoms with Crippen LogP contribution in [0.4, 0.5) is 4.39 Å². The van der Waals surface area contributed by atoms with Gasteiger partial charge >= 0.3 is 0 Å². The standard InChI is InChI=1S/C15H21FN4/c1-11(2)7-8-20-15(14(10-17)18-19-20)9-12-3-5-13(16)6-4-12/h3-6,11H,7-10,17H2,1-2H3. The smallest absolute Gasteiger partial charge is 0.123 e. The van der Waals surface area contributed by atoms with Crippen molar-refractivity contribution in [3.8, 4) is 0 Å². The zero-order valence-electron chi connectivity index (χ0n) is 12.0. The molecule has 1 aromatic heterocycles. The second kappa shape index (κ2) is 6.61. The summed E-state index contributed by atoms with van der Waals surface area (Å²) < 4.78 is 14.9. The van der Waals surface area contributed by atoms with Crippen LogP contribution in [0.15, 0.2) is 24.3 Å². The van der Waals surface area contributed by atoms with Crippen LogP contribution in [0.3, 0.4) is 0 Å². The Labute approximate surface area is 118 Å². The third kappa shape index (κ3) is 3.63. The fourth-order valence-electron chi connectivity index (χ4n) is 2.08. The van der Waals surface area contributed by atoms with E-state index in [0.717, 1.165) is 29.9 Å². The highest BCUT2D eigenvalue weighted by Gasteiger charge is 2.12. The van der Waals surface area contributed by atoms with Crippen molar-refractivity contribution in [3.05, 3.63) is 47.0 Å². The summed E-state index contributed by atoms with van der Waals surface area (Å²) in [6, 6.07) is 6.52. The Morgan fingerprint density at radius 3 is 2.55 bits per heavy atom. The van der Waals surface area contributed by atoms with Gasteiger partial charge in [-0.25, -0.2) is 9.07 Å². The molecule has 2 rings (SSSR count). The average molecular weight is 276 g/mol. The van der Waals surface area contributed by atoms with Gasteiger partial charge in [-0.3, -0.25) is 0 Å². The largest absolute Gasteiger partial charge is 0.325 e. The van der Waals surface area contributed by atoms with Crippen LogP contribution in [0.2, 0.25) is 0 Å². The van der Waals surface area contributed by atoms with E-state index < -0.39 is 0 Å². The maximum Gasteiger partial charge on any atom is 0.123 e. The minimum Gasteiger partial charge on any atom is -0.325 e. The Hall–Kier alpha value is -1.75. The molecule has 0 saturated carbocycles. The second-order valence-corrected chi connectivity index (χ2v) is 5.40. The zero-order chi connectivity index (χ0) is 14.5. The average Bonchev–Trinajstić information content (AvgIpc) is 2.81. The van der Waals surface area contributed by atoms with Gasteiger partial charge in [0.05, 0.1) is 11.4 Å². The molecule has 0 saturated heterocycles. The minimum atomic E-state index is -0.223. The molecule has 0 amide bonds. The summed E-state index contributed by atoms with van der Waals surface area (Å²) in [5.74, 6) is 0.387. The molecule has 2 aromatic rings. The number of halogens is 1. The molecule has 0 radical (unpaired) electrons. The summed E-state index contributed by atoms with van der Waals surface area (Å²) >= 11 is 0. The summed E-state index contributed by atoms with van der Waals surface area (Å²) in [7, 11) is 0.